The van der Waals surface area contributed by atoms with Crippen molar-refractivity contribution < 1.29 is 13.9 Å². The van der Waals surface area contributed by atoms with Crippen molar-refractivity contribution in [3.8, 4) is 5.75 Å². The van der Waals surface area contributed by atoms with Gasteiger partial charge in [0.1, 0.15) is 0 Å². The second kappa shape index (κ2) is 7.20. The molecule has 0 saturated heterocycles. The largest absolute Gasteiger partial charge is 0.490 e. The van der Waals surface area contributed by atoms with Gasteiger partial charge in [-0.05, 0) is 24.6 Å². The molecule has 0 saturated carbocycles. The number of carbonyl (C=O) groups is 1. The summed E-state index contributed by atoms with van der Waals surface area (Å²) in [5.41, 5.74) is 0.862. The smallest absolute Gasteiger partial charge is 0.193 e. The molecular formula is C16H14BrFO2. The molecule has 0 spiro atoms. The van der Waals surface area contributed by atoms with Crippen LogP contribution in [-0.4, -0.2) is 17.7 Å². The van der Waals surface area contributed by atoms with E-state index in [2.05, 4.69) is 15.9 Å². The summed E-state index contributed by atoms with van der Waals surface area (Å²) in [6.07, 6.45) is 0.796. The summed E-state index contributed by atoms with van der Waals surface area (Å²) in [5.74, 6) is -0.534. The molecule has 104 valence electrons. The Labute approximate surface area is 125 Å². The predicted molar refractivity (Wildman–Crippen MR) is 80.2 cm³/mol. The Morgan fingerprint density at radius 3 is 2.50 bits per heavy atom. The van der Waals surface area contributed by atoms with E-state index in [-0.39, 0.29) is 11.5 Å². The zero-order chi connectivity index (χ0) is 14.4. The first-order valence-electron chi connectivity index (χ1n) is 6.30. The monoisotopic (exact) mass is 336 g/mol. The molecule has 2 aromatic carbocycles. The summed E-state index contributed by atoms with van der Waals surface area (Å²) in [6.45, 7) is 0.439. The molecule has 0 heterocycles. The minimum absolute atomic E-state index is 0.176. The second-order valence-electron chi connectivity index (χ2n) is 4.23. The van der Waals surface area contributed by atoms with Crippen molar-refractivity contribution in [3.63, 3.8) is 0 Å². The van der Waals surface area contributed by atoms with Gasteiger partial charge in [0.15, 0.2) is 17.3 Å². The highest BCUT2D eigenvalue weighted by atomic mass is 79.9. The zero-order valence-corrected chi connectivity index (χ0v) is 12.4. The maximum Gasteiger partial charge on any atom is 0.193 e. The normalized spacial score (nSPS) is 10.3. The van der Waals surface area contributed by atoms with Crippen LogP contribution in [0.4, 0.5) is 4.39 Å². The van der Waals surface area contributed by atoms with Crippen molar-refractivity contribution in [1.82, 2.24) is 0 Å². The molecule has 0 aliphatic carbocycles. The van der Waals surface area contributed by atoms with Crippen molar-refractivity contribution in [3.05, 3.63) is 65.5 Å². The maximum absolute atomic E-state index is 13.9. The van der Waals surface area contributed by atoms with E-state index in [9.17, 15) is 9.18 Å². The van der Waals surface area contributed by atoms with Gasteiger partial charge in [-0.1, -0.05) is 46.3 Å². The van der Waals surface area contributed by atoms with Crippen LogP contribution >= 0.6 is 15.9 Å². The SMILES string of the molecule is O=C(c1ccccc1)c1ccc(OCCCBr)c(F)c1. The Morgan fingerprint density at radius 2 is 1.85 bits per heavy atom. The van der Waals surface area contributed by atoms with E-state index in [0.717, 1.165) is 11.8 Å². The fraction of sp³-hybridized carbons (Fsp3) is 0.188. The van der Waals surface area contributed by atoms with Gasteiger partial charge < -0.3 is 4.74 Å². The van der Waals surface area contributed by atoms with E-state index in [4.69, 9.17) is 4.74 Å². The van der Waals surface area contributed by atoms with Crippen molar-refractivity contribution in [2.45, 2.75) is 6.42 Å². The standard InChI is InChI=1S/C16H14BrFO2/c17-9-4-10-20-15-8-7-13(11-14(15)18)16(19)12-5-2-1-3-6-12/h1-3,5-8,11H,4,9-10H2. The fourth-order valence-electron chi connectivity index (χ4n) is 1.75. The molecule has 20 heavy (non-hydrogen) atoms. The molecule has 2 rings (SSSR count). The third-order valence-corrected chi connectivity index (χ3v) is 3.33. The average Bonchev–Trinajstić information content (AvgIpc) is 2.49. The number of alkyl halides is 1. The molecular weight excluding hydrogens is 323 g/mol. The van der Waals surface area contributed by atoms with Crippen molar-refractivity contribution in [2.24, 2.45) is 0 Å². The minimum atomic E-state index is -0.513. The van der Waals surface area contributed by atoms with Crippen LogP contribution in [0.2, 0.25) is 0 Å². The van der Waals surface area contributed by atoms with E-state index in [1.54, 1.807) is 30.3 Å². The molecule has 2 nitrogen and oxygen atoms in total. The van der Waals surface area contributed by atoms with Gasteiger partial charge in [0.2, 0.25) is 0 Å². The molecule has 4 heteroatoms. The molecule has 0 radical (unpaired) electrons. The van der Waals surface area contributed by atoms with Crippen molar-refractivity contribution in [2.75, 3.05) is 11.9 Å². The second-order valence-corrected chi connectivity index (χ2v) is 5.02. The zero-order valence-electron chi connectivity index (χ0n) is 10.8. The van der Waals surface area contributed by atoms with Gasteiger partial charge in [-0.3, -0.25) is 4.79 Å². The van der Waals surface area contributed by atoms with Gasteiger partial charge in [0.05, 0.1) is 6.61 Å². The molecule has 0 N–H and O–H groups in total. The predicted octanol–water partition coefficient (Wildman–Crippen LogP) is 4.22. The number of hydrogen-bond acceptors (Lipinski definition) is 2. The van der Waals surface area contributed by atoms with Gasteiger partial charge in [-0.2, -0.15) is 0 Å². The number of halogens is 2. The molecule has 2 aromatic rings. The quantitative estimate of drug-likeness (QED) is 0.448. The molecule has 0 atom stereocenters. The highest BCUT2D eigenvalue weighted by molar-refractivity contribution is 9.09. The van der Waals surface area contributed by atoms with E-state index >= 15 is 0 Å². The van der Waals surface area contributed by atoms with Crippen LogP contribution in [0.1, 0.15) is 22.3 Å². The van der Waals surface area contributed by atoms with Crippen LogP contribution in [-0.2, 0) is 0 Å². The van der Waals surface area contributed by atoms with E-state index in [1.165, 1.54) is 12.1 Å². The number of ether oxygens (including phenoxy) is 1. The molecule has 0 fully saturated rings. The van der Waals surface area contributed by atoms with Gasteiger partial charge in [-0.25, -0.2) is 4.39 Å². The Morgan fingerprint density at radius 1 is 1.10 bits per heavy atom. The highest BCUT2D eigenvalue weighted by Gasteiger charge is 2.12. The van der Waals surface area contributed by atoms with Gasteiger partial charge >= 0.3 is 0 Å². The van der Waals surface area contributed by atoms with Gasteiger partial charge in [0.25, 0.3) is 0 Å². The fourth-order valence-corrected chi connectivity index (χ4v) is 1.98. The first-order valence-corrected chi connectivity index (χ1v) is 7.42. The van der Waals surface area contributed by atoms with Crippen LogP contribution in [0.5, 0.6) is 5.75 Å². The van der Waals surface area contributed by atoms with E-state index < -0.39 is 5.82 Å². The lowest BCUT2D eigenvalue weighted by atomic mass is 10.0. The topological polar surface area (TPSA) is 26.3 Å². The summed E-state index contributed by atoms with van der Waals surface area (Å²) >= 11 is 3.28. The minimum Gasteiger partial charge on any atom is -0.490 e. The van der Waals surface area contributed by atoms with E-state index in [1.807, 2.05) is 6.07 Å². The highest BCUT2D eigenvalue weighted by Crippen LogP contribution is 2.20. The maximum atomic E-state index is 13.9. The molecule has 0 aromatic heterocycles. The van der Waals surface area contributed by atoms with Crippen LogP contribution in [0.25, 0.3) is 0 Å². The lowest BCUT2D eigenvalue weighted by Crippen LogP contribution is -2.04. The van der Waals surface area contributed by atoms with Gasteiger partial charge in [-0.15, -0.1) is 0 Å². The third-order valence-electron chi connectivity index (χ3n) is 2.77. The Balaban J connectivity index is 2.14. The number of hydrogen-bond donors (Lipinski definition) is 0. The summed E-state index contributed by atoms with van der Waals surface area (Å²) in [4.78, 5) is 12.2. The molecule has 0 aliphatic rings. The number of ketones is 1. The van der Waals surface area contributed by atoms with Crippen molar-refractivity contribution >= 4 is 21.7 Å². The summed E-state index contributed by atoms with van der Waals surface area (Å²) in [6, 6.07) is 13.1. The summed E-state index contributed by atoms with van der Waals surface area (Å²) < 4.78 is 19.2. The molecule has 0 amide bonds. The molecule has 0 bridgehead atoms. The van der Waals surface area contributed by atoms with E-state index in [0.29, 0.717) is 17.7 Å². The summed E-state index contributed by atoms with van der Waals surface area (Å²) in [5, 5.41) is 0.805. The molecule has 0 aliphatic heterocycles. The average molecular weight is 337 g/mol. The number of carbonyl (C=O) groups excluding carboxylic acids is 1. The Hall–Kier alpha value is -1.68. The lowest BCUT2D eigenvalue weighted by Gasteiger charge is -2.07. The molecule has 0 unspecified atom stereocenters. The first kappa shape index (κ1) is 14.7. The van der Waals surface area contributed by atoms with Crippen LogP contribution in [0.15, 0.2) is 48.5 Å². The van der Waals surface area contributed by atoms with Crippen LogP contribution < -0.4 is 4.74 Å². The number of rotatable bonds is 6. The Kier molecular flexibility index (Phi) is 5.30. The summed E-state index contributed by atoms with van der Waals surface area (Å²) in [7, 11) is 0. The van der Waals surface area contributed by atoms with Crippen LogP contribution in [0.3, 0.4) is 0 Å². The number of benzene rings is 2. The van der Waals surface area contributed by atoms with Crippen molar-refractivity contribution in [1.29, 1.82) is 0 Å². The third kappa shape index (κ3) is 3.67. The first-order chi connectivity index (χ1) is 9.72. The van der Waals surface area contributed by atoms with Gasteiger partial charge in [0, 0.05) is 16.5 Å². The lowest BCUT2D eigenvalue weighted by molar-refractivity contribution is 0.103. The van der Waals surface area contributed by atoms with Crippen LogP contribution in [0, 0.1) is 5.82 Å². The Bertz CT molecular complexity index is 584.